The molecule has 4 unspecified atom stereocenters. The summed E-state index contributed by atoms with van der Waals surface area (Å²) >= 11 is 0. The first kappa shape index (κ1) is 21.0. The van der Waals surface area contributed by atoms with Gasteiger partial charge in [-0.05, 0) is 73.8 Å². The lowest BCUT2D eigenvalue weighted by atomic mass is 9.47. The number of hydrogen-bond acceptors (Lipinski definition) is 3. The maximum absolute atomic E-state index is 12.7. The summed E-state index contributed by atoms with van der Waals surface area (Å²) in [6.07, 6.45) is 8.78. The van der Waals surface area contributed by atoms with Crippen molar-refractivity contribution in [3.63, 3.8) is 0 Å². The number of carbonyl (C=O) groups is 2. The van der Waals surface area contributed by atoms with Crippen molar-refractivity contribution in [2.45, 2.75) is 84.3 Å². The topological polar surface area (TPSA) is 58.6 Å². The van der Waals surface area contributed by atoms with Gasteiger partial charge in [0.15, 0.2) is 0 Å². The molecule has 1 saturated heterocycles. The first-order chi connectivity index (χ1) is 14.8. The number of hydrogen-bond donors (Lipinski definition) is 1. The Labute approximate surface area is 185 Å². The van der Waals surface area contributed by atoms with Gasteiger partial charge < -0.3 is 5.32 Å². The number of rotatable bonds is 3. The molecular formula is C26H36N2O3. The first-order valence-electron chi connectivity index (χ1n) is 12.1. The van der Waals surface area contributed by atoms with Crippen molar-refractivity contribution in [2.24, 2.45) is 28.6 Å². The van der Waals surface area contributed by atoms with E-state index >= 15 is 0 Å². The minimum Gasteiger partial charge on any atom is -0.353 e. The Morgan fingerprint density at radius 2 is 1.84 bits per heavy atom. The fourth-order valence-corrected chi connectivity index (χ4v) is 7.87. The Kier molecular flexibility index (Phi) is 5.16. The van der Waals surface area contributed by atoms with Gasteiger partial charge in [-0.25, -0.2) is 0 Å². The van der Waals surface area contributed by atoms with E-state index in [9.17, 15) is 9.59 Å². The maximum atomic E-state index is 12.7. The van der Waals surface area contributed by atoms with Gasteiger partial charge in [-0.1, -0.05) is 38.5 Å². The lowest BCUT2D eigenvalue weighted by Crippen LogP contribution is -2.67. The van der Waals surface area contributed by atoms with Crippen molar-refractivity contribution < 1.29 is 14.4 Å². The molecule has 1 aliphatic heterocycles. The maximum Gasteiger partial charge on any atom is 0.247 e. The number of nitrogens with one attached hydrogen (secondary N) is 1. The van der Waals surface area contributed by atoms with Crippen LogP contribution in [-0.2, 0) is 14.4 Å². The van der Waals surface area contributed by atoms with Crippen LogP contribution in [0, 0.1) is 28.6 Å². The van der Waals surface area contributed by atoms with E-state index in [1.807, 2.05) is 30.3 Å². The van der Waals surface area contributed by atoms with Crippen LogP contribution in [0.2, 0.25) is 0 Å². The number of para-hydroxylation sites is 1. The molecule has 7 atom stereocenters. The zero-order chi connectivity index (χ0) is 21.8. The van der Waals surface area contributed by atoms with Gasteiger partial charge in [0.05, 0.1) is 12.1 Å². The number of nitrogens with zero attached hydrogens (tertiary/aromatic N) is 1. The van der Waals surface area contributed by atoms with Crippen LogP contribution < -0.4 is 10.4 Å². The number of benzene rings is 1. The van der Waals surface area contributed by atoms with Gasteiger partial charge in [-0.15, -0.1) is 0 Å². The van der Waals surface area contributed by atoms with Crippen molar-refractivity contribution >= 4 is 17.5 Å². The third-order valence-electron chi connectivity index (χ3n) is 9.47. The Balaban J connectivity index is 1.48. The van der Waals surface area contributed by atoms with E-state index in [-0.39, 0.29) is 29.4 Å². The molecule has 4 fully saturated rings. The Morgan fingerprint density at radius 3 is 2.58 bits per heavy atom. The fraction of sp³-hybridized carbons (Fsp3) is 0.692. The summed E-state index contributed by atoms with van der Waals surface area (Å²) < 4.78 is 0. The van der Waals surface area contributed by atoms with Gasteiger partial charge in [0, 0.05) is 18.4 Å². The van der Waals surface area contributed by atoms with Crippen LogP contribution in [0.3, 0.4) is 0 Å². The van der Waals surface area contributed by atoms with E-state index in [0.717, 1.165) is 18.0 Å². The van der Waals surface area contributed by atoms with E-state index in [1.165, 1.54) is 50.5 Å². The Morgan fingerprint density at radius 1 is 1.06 bits per heavy atom. The van der Waals surface area contributed by atoms with Gasteiger partial charge in [0.1, 0.15) is 6.10 Å². The zero-order valence-electron chi connectivity index (χ0n) is 19.1. The van der Waals surface area contributed by atoms with Crippen LogP contribution in [0.5, 0.6) is 0 Å². The van der Waals surface area contributed by atoms with Crippen LogP contribution in [0.4, 0.5) is 5.69 Å². The summed E-state index contributed by atoms with van der Waals surface area (Å²) in [5.74, 6) is 1.91. The monoisotopic (exact) mass is 424 g/mol. The second-order valence-corrected chi connectivity index (χ2v) is 11.0. The van der Waals surface area contributed by atoms with E-state index in [2.05, 4.69) is 19.2 Å². The van der Waals surface area contributed by atoms with Crippen LogP contribution in [0.25, 0.3) is 0 Å². The molecule has 1 N–H and O–H groups in total. The third-order valence-corrected chi connectivity index (χ3v) is 9.47. The van der Waals surface area contributed by atoms with Gasteiger partial charge in [-0.3, -0.25) is 14.4 Å². The zero-order valence-corrected chi connectivity index (χ0v) is 19.1. The molecule has 1 aromatic carbocycles. The molecule has 5 rings (SSSR count). The molecule has 5 heteroatoms. The number of amides is 2. The molecule has 2 amide bonds. The van der Waals surface area contributed by atoms with Gasteiger partial charge >= 0.3 is 0 Å². The Bertz CT molecular complexity index is 857. The van der Waals surface area contributed by atoms with E-state index in [0.29, 0.717) is 23.7 Å². The van der Waals surface area contributed by atoms with Gasteiger partial charge in [0.25, 0.3) is 0 Å². The van der Waals surface area contributed by atoms with Crippen molar-refractivity contribution in [1.29, 1.82) is 0 Å². The summed E-state index contributed by atoms with van der Waals surface area (Å²) in [5, 5.41) is 4.73. The van der Waals surface area contributed by atoms with Gasteiger partial charge in [0.2, 0.25) is 11.8 Å². The Hall–Kier alpha value is -1.88. The number of piperidine rings is 1. The molecule has 1 aromatic rings. The van der Waals surface area contributed by atoms with Crippen molar-refractivity contribution in [3.8, 4) is 0 Å². The second kappa shape index (κ2) is 7.61. The second-order valence-electron chi connectivity index (χ2n) is 11.0. The van der Waals surface area contributed by atoms with E-state index in [4.69, 9.17) is 4.84 Å². The van der Waals surface area contributed by atoms with Crippen LogP contribution >= 0.6 is 0 Å². The molecular weight excluding hydrogens is 388 g/mol. The molecule has 168 valence electrons. The average molecular weight is 425 g/mol. The van der Waals surface area contributed by atoms with E-state index < -0.39 is 0 Å². The number of anilines is 1. The predicted molar refractivity (Wildman–Crippen MR) is 120 cm³/mol. The van der Waals surface area contributed by atoms with Crippen molar-refractivity contribution in [1.82, 2.24) is 5.32 Å². The highest BCUT2D eigenvalue weighted by atomic mass is 16.7. The summed E-state index contributed by atoms with van der Waals surface area (Å²) in [7, 11) is 0. The molecule has 0 bridgehead atoms. The molecule has 4 aliphatic rings. The number of hydroxylamine groups is 1. The minimum atomic E-state index is -0.297. The highest BCUT2D eigenvalue weighted by Gasteiger charge is 2.62. The summed E-state index contributed by atoms with van der Waals surface area (Å²) in [6, 6.07) is 9.64. The summed E-state index contributed by atoms with van der Waals surface area (Å²) in [4.78, 5) is 31.7. The lowest BCUT2D eigenvalue weighted by Gasteiger charge is -2.61. The van der Waals surface area contributed by atoms with Crippen molar-refractivity contribution in [3.05, 3.63) is 30.3 Å². The van der Waals surface area contributed by atoms with Crippen LogP contribution in [-0.4, -0.2) is 24.0 Å². The molecule has 5 nitrogen and oxygen atoms in total. The molecule has 3 saturated carbocycles. The van der Waals surface area contributed by atoms with Crippen molar-refractivity contribution in [2.75, 3.05) is 5.06 Å². The molecule has 1 heterocycles. The molecule has 31 heavy (non-hydrogen) atoms. The molecule has 3 aliphatic carbocycles. The fourth-order valence-electron chi connectivity index (χ4n) is 7.87. The van der Waals surface area contributed by atoms with Gasteiger partial charge in [-0.2, -0.15) is 5.06 Å². The quantitative estimate of drug-likeness (QED) is 0.705. The van der Waals surface area contributed by atoms with Crippen LogP contribution in [0.15, 0.2) is 30.3 Å². The minimum absolute atomic E-state index is 0.0454. The number of carbonyl (C=O) groups excluding carboxylic acids is 2. The summed E-state index contributed by atoms with van der Waals surface area (Å²) in [6.45, 7) is 6.38. The average Bonchev–Trinajstić information content (AvgIpc) is 3.15. The van der Waals surface area contributed by atoms with Crippen LogP contribution in [0.1, 0.15) is 72.1 Å². The SMILES string of the molecule is CC(=O)N(OC1CC(=O)N[C@@H]2CCC3C4CCC[C@@]4(C)CCC3[C@@]12C)c1ccccc1. The predicted octanol–water partition coefficient (Wildman–Crippen LogP) is 4.86. The molecule has 0 spiro atoms. The molecule has 0 radical (unpaired) electrons. The largest absolute Gasteiger partial charge is 0.353 e. The highest BCUT2D eigenvalue weighted by molar-refractivity contribution is 5.89. The first-order valence-corrected chi connectivity index (χ1v) is 12.1. The van der Waals surface area contributed by atoms with E-state index in [1.54, 1.807) is 0 Å². The standard InChI is InChI=1S/C26H36N2O3/c1-17(29)28(18-8-5-4-6-9-18)31-23-16-24(30)27-22-12-11-19-20-10-7-14-25(20,2)15-13-21(19)26(22,23)3/h4-6,8-9,19-23H,7,10-16H2,1-3H3,(H,27,30)/t19?,20?,21?,22-,23?,25+,26-/m1/s1. The molecule has 0 aromatic heterocycles. The smallest absolute Gasteiger partial charge is 0.247 e. The third kappa shape index (κ3) is 3.31. The highest BCUT2D eigenvalue weighted by Crippen LogP contribution is 2.64. The normalized spacial score (nSPS) is 41.5. The summed E-state index contributed by atoms with van der Waals surface area (Å²) in [5.41, 5.74) is 1.05. The lowest BCUT2D eigenvalue weighted by molar-refractivity contribution is -0.178. The number of fused-ring (bicyclic) bond motifs is 5.